The van der Waals surface area contributed by atoms with Crippen molar-refractivity contribution in [3.05, 3.63) is 53.1 Å². The van der Waals surface area contributed by atoms with E-state index >= 15 is 0 Å². The molecule has 0 aliphatic carbocycles. The number of hydrogen-bond donors (Lipinski definition) is 0. The molecule has 3 aromatic rings. The molecule has 1 fully saturated rings. The van der Waals surface area contributed by atoms with Gasteiger partial charge in [0.25, 0.3) is 5.91 Å². The molecule has 3 amide bonds. The number of para-hydroxylation sites is 1. The van der Waals surface area contributed by atoms with Crippen LogP contribution < -0.4 is 9.80 Å². The minimum atomic E-state index is -0.247. The number of rotatable bonds is 7. The summed E-state index contributed by atoms with van der Waals surface area (Å²) in [6.45, 7) is 1.28. The second-order valence-corrected chi connectivity index (χ2v) is 9.29. The first kappa shape index (κ1) is 25.1. The molecule has 0 N–H and O–H groups in total. The zero-order valence-corrected chi connectivity index (χ0v) is 20.7. The molecule has 0 atom stereocenters. The summed E-state index contributed by atoms with van der Waals surface area (Å²) >= 11 is 7.71. The first-order valence-electron chi connectivity index (χ1n) is 10.3. The van der Waals surface area contributed by atoms with Crippen molar-refractivity contribution in [3.8, 4) is 0 Å². The van der Waals surface area contributed by atoms with Gasteiger partial charge in [-0.1, -0.05) is 35.1 Å². The Hall–Kier alpha value is -2.52. The van der Waals surface area contributed by atoms with Crippen LogP contribution in [0.2, 0.25) is 5.02 Å². The zero-order chi connectivity index (χ0) is 22.8. The predicted octanol–water partition coefficient (Wildman–Crippen LogP) is 4.62. The Morgan fingerprint density at radius 1 is 1.09 bits per heavy atom. The molecular weight excluding hydrogens is 483 g/mol. The molecule has 1 aliphatic rings. The van der Waals surface area contributed by atoms with Gasteiger partial charge in [-0.25, -0.2) is 4.98 Å². The summed E-state index contributed by atoms with van der Waals surface area (Å²) < 4.78 is 0.903. The highest BCUT2D eigenvalue weighted by Gasteiger charge is 2.31. The highest BCUT2D eigenvalue weighted by molar-refractivity contribution is 7.22. The van der Waals surface area contributed by atoms with Crippen molar-refractivity contribution < 1.29 is 14.4 Å². The molecule has 0 bridgehead atoms. The van der Waals surface area contributed by atoms with Crippen LogP contribution in [0.4, 0.5) is 10.8 Å². The van der Waals surface area contributed by atoms with Crippen molar-refractivity contribution in [3.63, 3.8) is 0 Å². The number of carbonyl (C=O) groups is 3. The van der Waals surface area contributed by atoms with E-state index < -0.39 is 0 Å². The number of imide groups is 1. The van der Waals surface area contributed by atoms with Crippen LogP contribution in [0, 0.1) is 0 Å². The SMILES string of the molecule is CN(C)CCCN(C(=O)c1cccc(N2C(=O)CCC2=O)c1)c1nc2c(Cl)cccc2s1.Cl. The number of nitrogens with zero attached hydrogens (tertiary/aromatic N) is 4. The van der Waals surface area contributed by atoms with Gasteiger partial charge in [0.2, 0.25) is 11.8 Å². The Morgan fingerprint density at radius 3 is 2.45 bits per heavy atom. The number of aromatic nitrogens is 1. The summed E-state index contributed by atoms with van der Waals surface area (Å²) in [6, 6.07) is 12.2. The van der Waals surface area contributed by atoms with Crippen molar-refractivity contribution in [1.29, 1.82) is 0 Å². The van der Waals surface area contributed by atoms with Crippen molar-refractivity contribution >= 4 is 74.1 Å². The number of fused-ring (bicyclic) bond motifs is 1. The highest BCUT2D eigenvalue weighted by Crippen LogP contribution is 2.34. The summed E-state index contributed by atoms with van der Waals surface area (Å²) in [7, 11) is 3.97. The van der Waals surface area contributed by atoms with E-state index in [2.05, 4.69) is 9.88 Å². The Kier molecular flexibility index (Phi) is 8.07. The fourth-order valence-corrected chi connectivity index (χ4v) is 4.94. The molecule has 0 spiro atoms. The molecule has 2 heterocycles. The van der Waals surface area contributed by atoms with E-state index in [1.54, 1.807) is 35.2 Å². The maximum Gasteiger partial charge on any atom is 0.260 e. The van der Waals surface area contributed by atoms with Crippen molar-refractivity contribution in [2.45, 2.75) is 19.3 Å². The van der Waals surface area contributed by atoms with Crippen LogP contribution in [0.3, 0.4) is 0 Å². The Bertz CT molecular complexity index is 1180. The number of benzene rings is 2. The summed E-state index contributed by atoms with van der Waals surface area (Å²) in [6.07, 6.45) is 1.14. The maximum atomic E-state index is 13.6. The van der Waals surface area contributed by atoms with Crippen LogP contribution in [0.25, 0.3) is 10.2 Å². The van der Waals surface area contributed by atoms with Crippen molar-refractivity contribution in [2.24, 2.45) is 0 Å². The average molecular weight is 507 g/mol. The van der Waals surface area contributed by atoms with Crippen LogP contribution in [0.15, 0.2) is 42.5 Å². The predicted molar refractivity (Wildman–Crippen MR) is 135 cm³/mol. The van der Waals surface area contributed by atoms with Gasteiger partial charge in [-0.2, -0.15) is 0 Å². The zero-order valence-electron chi connectivity index (χ0n) is 18.3. The maximum absolute atomic E-state index is 13.6. The normalized spacial score (nSPS) is 13.6. The molecule has 0 unspecified atom stereocenters. The molecule has 0 radical (unpaired) electrons. The van der Waals surface area contributed by atoms with Gasteiger partial charge in [0.1, 0.15) is 5.52 Å². The first-order chi connectivity index (χ1) is 15.3. The van der Waals surface area contributed by atoms with E-state index in [-0.39, 0.29) is 43.0 Å². The number of halogens is 2. The molecule has 4 rings (SSSR count). The Balaban J connectivity index is 0.00000306. The van der Waals surface area contributed by atoms with Crippen LogP contribution in [0.1, 0.15) is 29.6 Å². The third kappa shape index (κ3) is 5.35. The number of hydrogen-bond acceptors (Lipinski definition) is 6. The lowest BCUT2D eigenvalue weighted by Crippen LogP contribution is -2.34. The quantitative estimate of drug-likeness (QED) is 0.437. The van der Waals surface area contributed by atoms with Gasteiger partial charge in [-0.15, -0.1) is 12.4 Å². The summed E-state index contributed by atoms with van der Waals surface area (Å²) in [5.41, 5.74) is 1.48. The van der Waals surface area contributed by atoms with E-state index in [0.29, 0.717) is 33.5 Å². The molecule has 1 aromatic heterocycles. The number of amides is 3. The fraction of sp³-hybridized carbons (Fsp3) is 0.304. The first-order valence-corrected chi connectivity index (χ1v) is 11.5. The van der Waals surface area contributed by atoms with Gasteiger partial charge in [0.05, 0.1) is 15.4 Å². The lowest BCUT2D eigenvalue weighted by Gasteiger charge is -2.22. The lowest BCUT2D eigenvalue weighted by molar-refractivity contribution is -0.121. The summed E-state index contributed by atoms with van der Waals surface area (Å²) in [5.74, 6) is -0.730. The fourth-order valence-electron chi connectivity index (χ4n) is 3.65. The van der Waals surface area contributed by atoms with Crippen LogP contribution in [0.5, 0.6) is 0 Å². The van der Waals surface area contributed by atoms with E-state index in [9.17, 15) is 14.4 Å². The van der Waals surface area contributed by atoms with Crippen LogP contribution in [-0.4, -0.2) is 54.8 Å². The van der Waals surface area contributed by atoms with Gasteiger partial charge >= 0.3 is 0 Å². The van der Waals surface area contributed by atoms with E-state index in [1.165, 1.54) is 11.3 Å². The molecule has 0 saturated carbocycles. The largest absolute Gasteiger partial charge is 0.309 e. The van der Waals surface area contributed by atoms with Crippen LogP contribution >= 0.6 is 35.3 Å². The number of thiazole rings is 1. The van der Waals surface area contributed by atoms with Crippen molar-refractivity contribution in [1.82, 2.24) is 9.88 Å². The Morgan fingerprint density at radius 2 is 1.79 bits per heavy atom. The molecule has 33 heavy (non-hydrogen) atoms. The summed E-state index contributed by atoms with van der Waals surface area (Å²) in [4.78, 5) is 47.4. The molecule has 1 aliphatic heterocycles. The number of anilines is 2. The van der Waals surface area contributed by atoms with E-state index in [0.717, 1.165) is 22.6 Å². The Labute approximate surface area is 207 Å². The molecule has 174 valence electrons. The van der Waals surface area contributed by atoms with Gasteiger partial charge in [0, 0.05) is 24.9 Å². The lowest BCUT2D eigenvalue weighted by atomic mass is 10.1. The molecule has 10 heteroatoms. The standard InChI is InChI=1S/C23H23ClN4O3S.ClH/c1-26(2)12-5-13-27(23-25-21-17(24)8-4-9-18(21)32-23)22(31)15-6-3-7-16(14-15)28-19(29)10-11-20(28)30;/h3-4,6-9,14H,5,10-13H2,1-2H3;1H. The van der Waals surface area contributed by atoms with E-state index in [1.807, 2.05) is 26.2 Å². The minimum Gasteiger partial charge on any atom is -0.309 e. The minimum absolute atomic E-state index is 0. The molecular formula is C23H24Cl2N4O3S. The van der Waals surface area contributed by atoms with Crippen molar-refractivity contribution in [2.75, 3.05) is 37.0 Å². The number of carbonyl (C=O) groups excluding carboxylic acids is 3. The third-order valence-corrected chi connectivity index (χ3v) is 6.57. The van der Waals surface area contributed by atoms with Gasteiger partial charge in [-0.3, -0.25) is 24.2 Å². The van der Waals surface area contributed by atoms with Gasteiger partial charge in [0.15, 0.2) is 5.13 Å². The molecule has 2 aromatic carbocycles. The third-order valence-electron chi connectivity index (χ3n) is 5.22. The van der Waals surface area contributed by atoms with Gasteiger partial charge in [-0.05, 0) is 57.4 Å². The van der Waals surface area contributed by atoms with E-state index in [4.69, 9.17) is 11.6 Å². The second kappa shape index (κ2) is 10.6. The average Bonchev–Trinajstić information content (AvgIpc) is 3.34. The smallest absolute Gasteiger partial charge is 0.260 e. The highest BCUT2D eigenvalue weighted by atomic mass is 35.5. The second-order valence-electron chi connectivity index (χ2n) is 7.87. The topological polar surface area (TPSA) is 73.8 Å². The molecule has 1 saturated heterocycles. The monoisotopic (exact) mass is 506 g/mol. The summed E-state index contributed by atoms with van der Waals surface area (Å²) in [5, 5.41) is 1.11. The van der Waals surface area contributed by atoms with Crippen LogP contribution in [-0.2, 0) is 9.59 Å². The van der Waals surface area contributed by atoms with Gasteiger partial charge < -0.3 is 4.90 Å². The molecule has 7 nitrogen and oxygen atoms in total.